The molecule has 274 valence electrons. The van der Waals surface area contributed by atoms with Gasteiger partial charge in [-0.25, -0.2) is 38.1 Å². The average Bonchev–Trinajstić information content (AvgIpc) is 3.72. The summed E-state index contributed by atoms with van der Waals surface area (Å²) in [4.78, 5) is 71.2. The number of nitrogens with zero attached hydrogens (tertiary/aromatic N) is 6. The van der Waals surface area contributed by atoms with E-state index in [-0.39, 0.29) is 44.4 Å². The predicted molar refractivity (Wildman–Crippen MR) is 171 cm³/mol. The number of aryl methyl sites for hydroxylation is 2. The summed E-state index contributed by atoms with van der Waals surface area (Å²) in [5.41, 5.74) is -1.32. The summed E-state index contributed by atoms with van der Waals surface area (Å²) < 4.78 is 22.9. The van der Waals surface area contributed by atoms with Crippen molar-refractivity contribution in [2.75, 3.05) is 26.4 Å². The lowest BCUT2D eigenvalue weighted by atomic mass is 10.2. The van der Waals surface area contributed by atoms with Crippen molar-refractivity contribution in [2.45, 2.75) is 104 Å². The zero-order chi connectivity index (χ0) is 36.7. The molecule has 2 N–H and O–H groups in total. The summed E-state index contributed by atoms with van der Waals surface area (Å²) in [6.07, 6.45) is 7.81. The second-order valence-corrected chi connectivity index (χ2v) is 11.0. The largest absolute Gasteiger partial charge is 0.476 e. The Bertz CT molecular complexity index is 1510. The van der Waals surface area contributed by atoms with Crippen LogP contribution in [0, 0.1) is 11.8 Å². The minimum absolute atomic E-state index is 0.0374. The Morgan fingerprint density at radius 3 is 1.46 bits per heavy atom. The van der Waals surface area contributed by atoms with Gasteiger partial charge >= 0.3 is 35.8 Å². The maximum Gasteiger partial charge on any atom is 0.384 e. The van der Waals surface area contributed by atoms with Crippen molar-refractivity contribution in [1.29, 1.82) is 0 Å². The Morgan fingerprint density at radius 1 is 0.540 bits per heavy atom. The zero-order valence-corrected chi connectivity index (χ0v) is 28.4. The highest BCUT2D eigenvalue weighted by Gasteiger charge is 2.28. The fourth-order valence-electron chi connectivity index (χ4n) is 4.33. The highest BCUT2D eigenvalue weighted by molar-refractivity contribution is 6.00. The fourth-order valence-corrected chi connectivity index (χ4v) is 4.33. The van der Waals surface area contributed by atoms with E-state index in [2.05, 4.69) is 32.5 Å². The second-order valence-electron chi connectivity index (χ2n) is 11.0. The molecule has 18 nitrogen and oxygen atoms in total. The molecule has 0 unspecified atom stereocenters. The van der Waals surface area contributed by atoms with E-state index < -0.39 is 47.2 Å². The van der Waals surface area contributed by atoms with Crippen molar-refractivity contribution in [2.24, 2.45) is 0 Å². The molecule has 0 atom stereocenters. The molecule has 0 fully saturated rings. The molecule has 0 spiro atoms. The van der Waals surface area contributed by atoms with Gasteiger partial charge in [-0.1, -0.05) is 50.0 Å². The summed E-state index contributed by atoms with van der Waals surface area (Å²) in [6, 6.07) is 0. The Kier molecular flexibility index (Phi) is 18.9. The molecular weight excluding hydrogens is 660 g/mol. The lowest BCUT2D eigenvalue weighted by Gasteiger charge is -2.08. The fraction of sp³-hybridized carbons (Fsp3) is 0.625. The van der Waals surface area contributed by atoms with Gasteiger partial charge in [0.05, 0.1) is 26.4 Å². The van der Waals surface area contributed by atoms with Gasteiger partial charge in [0.1, 0.15) is 0 Å². The van der Waals surface area contributed by atoms with Gasteiger partial charge in [0.15, 0.2) is 11.4 Å². The molecular formula is C32H44N6O12. The number of rotatable bonds is 24. The number of ether oxygens (including phenoxy) is 4. The number of esters is 4. The van der Waals surface area contributed by atoms with Gasteiger partial charge in [-0.05, 0) is 51.4 Å². The number of carboxylic acid groups (broad SMARTS) is 2. The van der Waals surface area contributed by atoms with Crippen molar-refractivity contribution in [3.05, 3.63) is 22.8 Å². The van der Waals surface area contributed by atoms with Crippen molar-refractivity contribution >= 4 is 35.8 Å². The zero-order valence-electron chi connectivity index (χ0n) is 28.4. The van der Waals surface area contributed by atoms with Crippen molar-refractivity contribution in [1.82, 2.24) is 30.0 Å². The van der Waals surface area contributed by atoms with Crippen LogP contribution in [-0.4, -0.2) is 102 Å². The molecule has 0 saturated heterocycles. The molecule has 18 heteroatoms. The summed E-state index contributed by atoms with van der Waals surface area (Å²) in [6.45, 7) is 4.98. The topological polar surface area (TPSA) is 241 Å². The smallest absolute Gasteiger partial charge is 0.384 e. The molecule has 2 heterocycles. The van der Waals surface area contributed by atoms with Gasteiger partial charge in [-0.2, -0.15) is 0 Å². The summed E-state index contributed by atoms with van der Waals surface area (Å²) in [5, 5.41) is 33.0. The van der Waals surface area contributed by atoms with Crippen molar-refractivity contribution in [3.8, 4) is 11.8 Å². The predicted octanol–water partition coefficient (Wildman–Crippen LogP) is 3.09. The Labute approximate surface area is 288 Å². The SMILES string of the molecule is CCCCOC(=O)c1nnn(CCCCCCOC(=O)C#CC(=O)OCCCCCCn2nnc(C(=O)O)c2C(=O)O)c1C(=O)OCCCC. The summed E-state index contributed by atoms with van der Waals surface area (Å²) in [7, 11) is 0. The van der Waals surface area contributed by atoms with Crippen LogP contribution in [0.1, 0.15) is 133 Å². The molecule has 0 bridgehead atoms. The molecule has 50 heavy (non-hydrogen) atoms. The second kappa shape index (κ2) is 23.1. The quantitative estimate of drug-likeness (QED) is 0.0524. The molecule has 2 aromatic heterocycles. The van der Waals surface area contributed by atoms with Crippen LogP contribution in [0.15, 0.2) is 0 Å². The molecule has 0 aliphatic carbocycles. The summed E-state index contributed by atoms with van der Waals surface area (Å²) >= 11 is 0. The Hall–Kier alpha value is -5.34. The van der Waals surface area contributed by atoms with Gasteiger partial charge in [0, 0.05) is 24.9 Å². The van der Waals surface area contributed by atoms with Gasteiger partial charge in [-0.3, -0.25) is 0 Å². The van der Waals surface area contributed by atoms with E-state index in [1.807, 2.05) is 13.8 Å². The first-order valence-corrected chi connectivity index (χ1v) is 16.6. The van der Waals surface area contributed by atoms with Gasteiger partial charge in [-0.15, -0.1) is 10.2 Å². The highest BCUT2D eigenvalue weighted by atomic mass is 16.5. The third kappa shape index (κ3) is 14.4. The molecule has 0 aliphatic rings. The minimum atomic E-state index is -1.47. The van der Waals surface area contributed by atoms with E-state index in [4.69, 9.17) is 24.1 Å². The number of carbonyl (C=O) groups is 6. The molecule has 0 aliphatic heterocycles. The van der Waals surface area contributed by atoms with Crippen LogP contribution in [0.4, 0.5) is 0 Å². The number of hydrogen-bond donors (Lipinski definition) is 2. The van der Waals surface area contributed by atoms with Gasteiger partial charge < -0.3 is 29.2 Å². The van der Waals surface area contributed by atoms with E-state index in [1.165, 1.54) is 4.68 Å². The Morgan fingerprint density at radius 2 is 0.980 bits per heavy atom. The monoisotopic (exact) mass is 704 g/mol. The third-order valence-electron chi connectivity index (χ3n) is 6.99. The van der Waals surface area contributed by atoms with Crippen molar-refractivity contribution in [3.63, 3.8) is 0 Å². The van der Waals surface area contributed by atoms with Crippen LogP contribution < -0.4 is 0 Å². The lowest BCUT2D eigenvalue weighted by molar-refractivity contribution is -0.138. The van der Waals surface area contributed by atoms with Crippen LogP contribution in [-0.2, 0) is 41.6 Å². The van der Waals surface area contributed by atoms with Crippen LogP contribution in [0.3, 0.4) is 0 Å². The Balaban J connectivity index is 1.62. The van der Waals surface area contributed by atoms with Crippen LogP contribution in [0.2, 0.25) is 0 Å². The van der Waals surface area contributed by atoms with Gasteiger partial charge in [0.2, 0.25) is 11.4 Å². The minimum Gasteiger partial charge on any atom is -0.476 e. The molecule has 2 rings (SSSR count). The number of unbranched alkanes of at least 4 members (excludes halogenated alkanes) is 8. The number of aromatic nitrogens is 6. The summed E-state index contributed by atoms with van der Waals surface area (Å²) in [5.74, 6) is -1.90. The van der Waals surface area contributed by atoms with Gasteiger partial charge in [0.25, 0.3) is 0 Å². The average molecular weight is 705 g/mol. The van der Waals surface area contributed by atoms with Crippen LogP contribution in [0.25, 0.3) is 0 Å². The lowest BCUT2D eigenvalue weighted by Crippen LogP contribution is -2.19. The number of carbonyl (C=O) groups excluding carboxylic acids is 4. The highest BCUT2D eigenvalue weighted by Crippen LogP contribution is 2.13. The van der Waals surface area contributed by atoms with E-state index in [1.54, 1.807) is 0 Å². The number of hydrogen-bond acceptors (Lipinski definition) is 14. The van der Waals surface area contributed by atoms with E-state index in [0.29, 0.717) is 70.8 Å². The molecule has 0 amide bonds. The first-order chi connectivity index (χ1) is 24.1. The van der Waals surface area contributed by atoms with E-state index in [9.17, 15) is 33.9 Å². The molecule has 0 saturated carbocycles. The number of aromatic carboxylic acids is 2. The maximum absolute atomic E-state index is 12.7. The normalized spacial score (nSPS) is 10.5. The maximum atomic E-state index is 12.7. The molecule has 2 aromatic rings. The molecule has 0 radical (unpaired) electrons. The van der Waals surface area contributed by atoms with Crippen molar-refractivity contribution < 1.29 is 57.9 Å². The third-order valence-corrected chi connectivity index (χ3v) is 6.99. The van der Waals surface area contributed by atoms with Crippen LogP contribution in [0.5, 0.6) is 0 Å². The van der Waals surface area contributed by atoms with E-state index >= 15 is 0 Å². The first-order valence-electron chi connectivity index (χ1n) is 16.6. The molecule has 0 aromatic carbocycles. The standard InChI is InChI=1S/C32H44N6O12/c1-3-5-19-49-31(45)26-28(32(46)50-20-6-4-2)38(36-34-26)18-12-8-10-14-22-48-24(40)16-15-23(39)47-21-13-9-7-11-17-37-27(30(43)44)25(29(41)42)33-35-37/h3-14,17-22H2,1-2H3,(H,41,42)(H,43,44). The van der Waals surface area contributed by atoms with Crippen LogP contribution >= 0.6 is 0 Å². The first kappa shape index (κ1) is 40.8. The number of carboxylic acids is 2. The van der Waals surface area contributed by atoms with E-state index in [0.717, 1.165) is 17.5 Å².